The van der Waals surface area contributed by atoms with Gasteiger partial charge in [-0.25, -0.2) is 0 Å². The predicted octanol–water partition coefficient (Wildman–Crippen LogP) is 1.92. The molecule has 7 heteroatoms. The molecule has 3 N–H and O–H groups in total. The molecule has 1 saturated carbocycles. The highest BCUT2D eigenvalue weighted by molar-refractivity contribution is 5.80. The van der Waals surface area contributed by atoms with Crippen molar-refractivity contribution in [1.29, 1.82) is 0 Å². The first-order valence-corrected chi connectivity index (χ1v) is 10.3. The zero-order chi connectivity index (χ0) is 19.9. The number of aliphatic imine (C=N–C) groups is 1. The van der Waals surface area contributed by atoms with E-state index in [0.717, 1.165) is 44.5 Å². The standard InChI is InChI=1S/C21H34N4O3/c1-4-22-21(24-15-9-11-25(12-10-15)16-5-6-16)23-14-19(26)18-13-17(27-2)7-8-20(18)28-3/h7-8,13,15-16,19,26H,4-6,9-12,14H2,1-3H3,(H2,22,23,24). The molecule has 1 heterocycles. The second-order valence-corrected chi connectivity index (χ2v) is 7.53. The lowest BCUT2D eigenvalue weighted by molar-refractivity contribution is 0.181. The van der Waals surface area contributed by atoms with Crippen LogP contribution in [0.5, 0.6) is 11.5 Å². The van der Waals surface area contributed by atoms with Crippen LogP contribution in [0.15, 0.2) is 23.2 Å². The summed E-state index contributed by atoms with van der Waals surface area (Å²) in [5, 5.41) is 17.5. The van der Waals surface area contributed by atoms with Crippen molar-refractivity contribution in [3.63, 3.8) is 0 Å². The first-order valence-electron chi connectivity index (χ1n) is 10.3. The Labute approximate surface area is 168 Å². The third kappa shape index (κ3) is 5.52. The third-order valence-electron chi connectivity index (χ3n) is 5.50. The van der Waals surface area contributed by atoms with Crippen LogP contribution in [-0.4, -0.2) is 68.4 Å². The van der Waals surface area contributed by atoms with Crippen LogP contribution in [-0.2, 0) is 0 Å². The van der Waals surface area contributed by atoms with Crippen molar-refractivity contribution in [2.45, 2.75) is 50.8 Å². The van der Waals surface area contributed by atoms with E-state index in [0.29, 0.717) is 23.1 Å². The second-order valence-electron chi connectivity index (χ2n) is 7.53. The van der Waals surface area contributed by atoms with Gasteiger partial charge in [-0.05, 0) is 50.8 Å². The van der Waals surface area contributed by atoms with Crippen LogP contribution in [0, 0.1) is 0 Å². The van der Waals surface area contributed by atoms with Crippen LogP contribution in [0.3, 0.4) is 0 Å². The number of benzene rings is 1. The lowest BCUT2D eigenvalue weighted by Gasteiger charge is -2.33. The summed E-state index contributed by atoms with van der Waals surface area (Å²) in [7, 11) is 3.21. The van der Waals surface area contributed by atoms with Gasteiger partial charge in [-0.15, -0.1) is 0 Å². The molecule has 0 amide bonds. The second kappa shape index (κ2) is 9.98. The van der Waals surface area contributed by atoms with E-state index >= 15 is 0 Å². The van der Waals surface area contributed by atoms with E-state index in [1.165, 1.54) is 12.8 Å². The quantitative estimate of drug-likeness (QED) is 0.465. The summed E-state index contributed by atoms with van der Waals surface area (Å²) >= 11 is 0. The highest BCUT2D eigenvalue weighted by Crippen LogP contribution is 2.30. The number of hydrogen-bond donors (Lipinski definition) is 3. The van der Waals surface area contributed by atoms with Crippen molar-refractivity contribution in [2.75, 3.05) is 40.4 Å². The number of likely N-dealkylation sites (tertiary alicyclic amines) is 1. The summed E-state index contributed by atoms with van der Waals surface area (Å²) < 4.78 is 10.6. The average molecular weight is 391 g/mol. The van der Waals surface area contributed by atoms with Crippen LogP contribution in [0.2, 0.25) is 0 Å². The Morgan fingerprint density at radius 1 is 1.21 bits per heavy atom. The van der Waals surface area contributed by atoms with Crippen molar-refractivity contribution < 1.29 is 14.6 Å². The Hall–Kier alpha value is -1.99. The van der Waals surface area contributed by atoms with Crippen LogP contribution < -0.4 is 20.1 Å². The molecule has 1 atom stereocenters. The molecule has 7 nitrogen and oxygen atoms in total. The number of aliphatic hydroxyl groups excluding tert-OH is 1. The lowest BCUT2D eigenvalue weighted by atomic mass is 10.1. The molecule has 0 spiro atoms. The summed E-state index contributed by atoms with van der Waals surface area (Å²) in [5.74, 6) is 2.08. The van der Waals surface area contributed by atoms with Gasteiger partial charge in [0.2, 0.25) is 0 Å². The fourth-order valence-electron chi connectivity index (χ4n) is 3.74. The highest BCUT2D eigenvalue weighted by Gasteiger charge is 2.31. The van der Waals surface area contributed by atoms with E-state index in [-0.39, 0.29) is 6.54 Å². The smallest absolute Gasteiger partial charge is 0.191 e. The van der Waals surface area contributed by atoms with Gasteiger partial charge in [-0.3, -0.25) is 4.99 Å². The molecule has 1 aromatic carbocycles. The van der Waals surface area contributed by atoms with Crippen LogP contribution in [0.1, 0.15) is 44.3 Å². The van der Waals surface area contributed by atoms with E-state index in [1.807, 2.05) is 6.07 Å². The Morgan fingerprint density at radius 2 is 1.96 bits per heavy atom. The molecule has 2 aliphatic rings. The first kappa shape index (κ1) is 20.7. The van der Waals surface area contributed by atoms with Crippen LogP contribution >= 0.6 is 0 Å². The highest BCUT2D eigenvalue weighted by atomic mass is 16.5. The van der Waals surface area contributed by atoms with E-state index in [4.69, 9.17) is 9.47 Å². The molecule has 1 aromatic rings. The van der Waals surface area contributed by atoms with Gasteiger partial charge < -0.3 is 30.1 Å². The Balaban J connectivity index is 1.59. The molecular weight excluding hydrogens is 356 g/mol. The SMILES string of the molecule is CCNC(=NCC(O)c1cc(OC)ccc1OC)NC1CCN(C2CC2)CC1. The van der Waals surface area contributed by atoms with Crippen molar-refractivity contribution in [2.24, 2.45) is 4.99 Å². The molecule has 156 valence electrons. The van der Waals surface area contributed by atoms with Gasteiger partial charge in [0.1, 0.15) is 17.6 Å². The molecule has 0 radical (unpaired) electrons. The predicted molar refractivity (Wildman–Crippen MR) is 111 cm³/mol. The van der Waals surface area contributed by atoms with Crippen molar-refractivity contribution >= 4 is 5.96 Å². The molecule has 1 aliphatic heterocycles. The van der Waals surface area contributed by atoms with Gasteiger partial charge in [-0.2, -0.15) is 0 Å². The number of guanidine groups is 1. The lowest BCUT2D eigenvalue weighted by Crippen LogP contribution is -2.49. The molecule has 1 saturated heterocycles. The minimum atomic E-state index is -0.766. The maximum Gasteiger partial charge on any atom is 0.191 e. The van der Waals surface area contributed by atoms with Crippen LogP contribution in [0.25, 0.3) is 0 Å². The number of nitrogens with one attached hydrogen (secondary N) is 2. The van der Waals surface area contributed by atoms with Crippen LogP contribution in [0.4, 0.5) is 0 Å². The van der Waals surface area contributed by atoms with Crippen molar-refractivity contribution in [3.8, 4) is 11.5 Å². The number of rotatable bonds is 8. The monoisotopic (exact) mass is 390 g/mol. The number of piperidine rings is 1. The molecule has 3 rings (SSSR count). The van der Waals surface area contributed by atoms with E-state index < -0.39 is 6.10 Å². The van der Waals surface area contributed by atoms with Gasteiger partial charge in [0.25, 0.3) is 0 Å². The topological polar surface area (TPSA) is 78.4 Å². The Kier molecular flexibility index (Phi) is 7.39. The maximum absolute atomic E-state index is 10.7. The molecular formula is C21H34N4O3. The Bertz CT molecular complexity index is 655. The largest absolute Gasteiger partial charge is 0.497 e. The molecule has 1 unspecified atom stereocenters. The summed E-state index contributed by atoms with van der Waals surface area (Å²) in [6.07, 6.45) is 4.24. The summed E-state index contributed by atoms with van der Waals surface area (Å²) in [6.45, 7) is 5.40. The fraction of sp³-hybridized carbons (Fsp3) is 0.667. The minimum Gasteiger partial charge on any atom is -0.497 e. The van der Waals surface area contributed by atoms with E-state index in [2.05, 4.69) is 27.4 Å². The number of ether oxygens (including phenoxy) is 2. The number of aliphatic hydroxyl groups is 1. The summed E-state index contributed by atoms with van der Waals surface area (Å²) in [5.41, 5.74) is 0.680. The zero-order valence-electron chi connectivity index (χ0n) is 17.3. The fourth-order valence-corrected chi connectivity index (χ4v) is 3.74. The minimum absolute atomic E-state index is 0.250. The number of nitrogens with zero attached hydrogens (tertiary/aromatic N) is 2. The number of methoxy groups -OCH3 is 2. The van der Waals surface area contributed by atoms with Gasteiger partial charge >= 0.3 is 0 Å². The number of hydrogen-bond acceptors (Lipinski definition) is 5. The van der Waals surface area contributed by atoms with Gasteiger partial charge in [0.05, 0.1) is 20.8 Å². The molecule has 28 heavy (non-hydrogen) atoms. The first-order chi connectivity index (χ1) is 13.6. The van der Waals surface area contributed by atoms with Crippen molar-refractivity contribution in [3.05, 3.63) is 23.8 Å². The van der Waals surface area contributed by atoms with E-state index in [9.17, 15) is 5.11 Å². The van der Waals surface area contributed by atoms with Gasteiger partial charge in [0, 0.05) is 37.3 Å². The third-order valence-corrected chi connectivity index (χ3v) is 5.50. The maximum atomic E-state index is 10.7. The molecule has 0 aromatic heterocycles. The van der Waals surface area contributed by atoms with Gasteiger partial charge in [-0.1, -0.05) is 0 Å². The Morgan fingerprint density at radius 3 is 2.57 bits per heavy atom. The van der Waals surface area contributed by atoms with Gasteiger partial charge in [0.15, 0.2) is 5.96 Å². The molecule has 2 fully saturated rings. The average Bonchev–Trinajstić information content (AvgIpc) is 3.57. The summed E-state index contributed by atoms with van der Waals surface area (Å²) in [6, 6.07) is 6.69. The zero-order valence-corrected chi connectivity index (χ0v) is 17.3. The summed E-state index contributed by atoms with van der Waals surface area (Å²) in [4.78, 5) is 7.23. The molecule has 0 bridgehead atoms. The molecule has 1 aliphatic carbocycles. The normalized spacial score (nSPS) is 19.9. The van der Waals surface area contributed by atoms with Crippen molar-refractivity contribution in [1.82, 2.24) is 15.5 Å². The van der Waals surface area contributed by atoms with E-state index in [1.54, 1.807) is 26.4 Å².